The standard InChI is InChI=1S/C20H21N3O3/c1-12-5-10-16-15(11-12)17(13-6-8-14(9-7-13)18(21)24)22-23(16)19(25)26-20(2,3)4/h5-11H,1-4H3,(H2,21,24). The number of ether oxygens (including phenoxy) is 1. The molecule has 3 rings (SSSR count). The van der Waals surface area contributed by atoms with E-state index in [2.05, 4.69) is 5.10 Å². The molecule has 0 atom stereocenters. The van der Waals surface area contributed by atoms with Crippen LogP contribution < -0.4 is 5.73 Å². The van der Waals surface area contributed by atoms with Crippen LogP contribution in [0.25, 0.3) is 22.2 Å². The summed E-state index contributed by atoms with van der Waals surface area (Å²) in [5.41, 5.74) is 8.24. The summed E-state index contributed by atoms with van der Waals surface area (Å²) in [6.45, 7) is 7.41. The van der Waals surface area contributed by atoms with Crippen molar-refractivity contribution in [3.8, 4) is 11.3 Å². The Bertz CT molecular complexity index is 996. The number of aromatic nitrogens is 2. The molecule has 0 aliphatic rings. The first-order chi connectivity index (χ1) is 12.2. The third-order valence-corrected chi connectivity index (χ3v) is 3.84. The van der Waals surface area contributed by atoms with Crippen molar-refractivity contribution in [1.29, 1.82) is 0 Å². The van der Waals surface area contributed by atoms with Crippen molar-refractivity contribution >= 4 is 22.9 Å². The maximum Gasteiger partial charge on any atom is 0.435 e. The summed E-state index contributed by atoms with van der Waals surface area (Å²) in [6.07, 6.45) is -0.536. The minimum atomic E-state index is -0.622. The van der Waals surface area contributed by atoms with Crippen molar-refractivity contribution in [2.24, 2.45) is 5.73 Å². The number of nitrogens with two attached hydrogens (primary N) is 1. The van der Waals surface area contributed by atoms with Gasteiger partial charge in [0.25, 0.3) is 0 Å². The normalized spacial score (nSPS) is 11.5. The fourth-order valence-electron chi connectivity index (χ4n) is 2.68. The maximum absolute atomic E-state index is 12.6. The first-order valence-corrected chi connectivity index (χ1v) is 8.29. The summed E-state index contributed by atoms with van der Waals surface area (Å²) in [5, 5.41) is 5.32. The minimum Gasteiger partial charge on any atom is -0.442 e. The first kappa shape index (κ1) is 17.7. The Kier molecular flexibility index (Phi) is 4.28. The van der Waals surface area contributed by atoms with Gasteiger partial charge in [0.05, 0.1) is 5.52 Å². The Morgan fingerprint density at radius 3 is 2.31 bits per heavy atom. The smallest absolute Gasteiger partial charge is 0.435 e. The molecule has 1 heterocycles. The van der Waals surface area contributed by atoms with Crippen molar-refractivity contribution < 1.29 is 14.3 Å². The van der Waals surface area contributed by atoms with Crippen LogP contribution in [0.5, 0.6) is 0 Å². The van der Waals surface area contributed by atoms with Crippen LogP contribution in [0.4, 0.5) is 4.79 Å². The third kappa shape index (κ3) is 3.44. The molecule has 2 N–H and O–H groups in total. The van der Waals surface area contributed by atoms with Gasteiger partial charge in [0.2, 0.25) is 5.91 Å². The van der Waals surface area contributed by atoms with Crippen LogP contribution >= 0.6 is 0 Å². The molecule has 26 heavy (non-hydrogen) atoms. The lowest BCUT2D eigenvalue weighted by Crippen LogP contribution is -2.27. The van der Waals surface area contributed by atoms with Crippen LogP contribution in [-0.4, -0.2) is 27.4 Å². The second kappa shape index (κ2) is 6.29. The second-order valence-corrected chi connectivity index (χ2v) is 7.20. The van der Waals surface area contributed by atoms with E-state index in [1.807, 2.05) is 45.9 Å². The summed E-state index contributed by atoms with van der Waals surface area (Å²) < 4.78 is 6.74. The van der Waals surface area contributed by atoms with Gasteiger partial charge in [-0.3, -0.25) is 4.79 Å². The number of primary amides is 1. The van der Waals surface area contributed by atoms with Crippen LogP contribution in [-0.2, 0) is 4.74 Å². The van der Waals surface area contributed by atoms with Crippen molar-refractivity contribution in [1.82, 2.24) is 9.78 Å². The fraction of sp³-hybridized carbons (Fsp3) is 0.250. The van der Waals surface area contributed by atoms with Crippen LogP contribution in [0.1, 0.15) is 36.7 Å². The SMILES string of the molecule is Cc1ccc2c(c1)c(-c1ccc(C(N)=O)cc1)nn2C(=O)OC(C)(C)C. The Morgan fingerprint density at radius 1 is 1.08 bits per heavy atom. The van der Waals surface area contributed by atoms with E-state index < -0.39 is 17.6 Å². The molecular weight excluding hydrogens is 330 g/mol. The van der Waals surface area contributed by atoms with Crippen molar-refractivity contribution in [3.63, 3.8) is 0 Å². The van der Waals surface area contributed by atoms with E-state index in [4.69, 9.17) is 10.5 Å². The number of amides is 1. The lowest BCUT2D eigenvalue weighted by Gasteiger charge is -2.19. The Morgan fingerprint density at radius 2 is 1.73 bits per heavy atom. The Hall–Kier alpha value is -3.15. The molecule has 0 radical (unpaired) electrons. The zero-order valence-corrected chi connectivity index (χ0v) is 15.2. The van der Waals surface area contributed by atoms with E-state index in [1.54, 1.807) is 24.3 Å². The summed E-state index contributed by atoms with van der Waals surface area (Å²) in [7, 11) is 0. The van der Waals surface area contributed by atoms with Gasteiger partial charge in [0.15, 0.2) is 0 Å². The average molecular weight is 351 g/mol. The monoisotopic (exact) mass is 351 g/mol. The molecule has 0 saturated carbocycles. The molecule has 1 amide bonds. The number of aryl methyl sites for hydroxylation is 1. The van der Waals surface area contributed by atoms with Crippen LogP contribution in [0.15, 0.2) is 42.5 Å². The van der Waals surface area contributed by atoms with E-state index in [0.717, 1.165) is 16.5 Å². The highest BCUT2D eigenvalue weighted by Gasteiger charge is 2.22. The number of carbonyl (C=O) groups is 2. The predicted octanol–water partition coefficient (Wildman–Crippen LogP) is 3.89. The van der Waals surface area contributed by atoms with E-state index in [9.17, 15) is 9.59 Å². The lowest BCUT2D eigenvalue weighted by atomic mass is 10.0. The van der Waals surface area contributed by atoms with Crippen molar-refractivity contribution in [2.45, 2.75) is 33.3 Å². The molecule has 0 aliphatic heterocycles. The summed E-state index contributed by atoms with van der Waals surface area (Å²) >= 11 is 0. The van der Waals surface area contributed by atoms with Crippen LogP contribution in [0, 0.1) is 6.92 Å². The van der Waals surface area contributed by atoms with Crippen LogP contribution in [0.2, 0.25) is 0 Å². The Labute approximate surface area is 151 Å². The molecule has 0 aliphatic carbocycles. The third-order valence-electron chi connectivity index (χ3n) is 3.84. The number of hydrogen-bond acceptors (Lipinski definition) is 4. The molecule has 134 valence electrons. The van der Waals surface area contributed by atoms with Gasteiger partial charge in [-0.05, 0) is 52.0 Å². The zero-order valence-electron chi connectivity index (χ0n) is 15.2. The van der Waals surface area contributed by atoms with Gasteiger partial charge in [-0.15, -0.1) is 0 Å². The molecule has 3 aromatic rings. The molecule has 0 spiro atoms. The second-order valence-electron chi connectivity index (χ2n) is 7.20. The molecule has 0 fully saturated rings. The largest absolute Gasteiger partial charge is 0.442 e. The quantitative estimate of drug-likeness (QED) is 0.758. The number of hydrogen-bond donors (Lipinski definition) is 1. The topological polar surface area (TPSA) is 87.2 Å². The molecule has 0 unspecified atom stereocenters. The maximum atomic E-state index is 12.6. The molecule has 0 bridgehead atoms. The van der Waals surface area contributed by atoms with E-state index in [0.29, 0.717) is 16.8 Å². The minimum absolute atomic E-state index is 0.417. The first-order valence-electron chi connectivity index (χ1n) is 8.29. The number of rotatable bonds is 2. The number of fused-ring (bicyclic) bond motifs is 1. The molecule has 0 saturated heterocycles. The summed E-state index contributed by atoms with van der Waals surface area (Å²) in [5.74, 6) is -0.489. The van der Waals surface area contributed by atoms with Gasteiger partial charge in [0.1, 0.15) is 11.3 Å². The zero-order chi connectivity index (χ0) is 19.1. The Balaban J connectivity index is 2.15. The number of benzene rings is 2. The van der Waals surface area contributed by atoms with Gasteiger partial charge in [-0.1, -0.05) is 23.8 Å². The van der Waals surface area contributed by atoms with E-state index in [-0.39, 0.29) is 0 Å². The van der Waals surface area contributed by atoms with Gasteiger partial charge in [-0.25, -0.2) is 4.79 Å². The molecule has 6 nitrogen and oxygen atoms in total. The fourth-order valence-corrected chi connectivity index (χ4v) is 2.68. The predicted molar refractivity (Wildman–Crippen MR) is 100 cm³/mol. The summed E-state index contributed by atoms with van der Waals surface area (Å²) in [6, 6.07) is 12.6. The van der Waals surface area contributed by atoms with Gasteiger partial charge in [0, 0.05) is 16.5 Å². The highest BCUT2D eigenvalue weighted by Crippen LogP contribution is 2.29. The van der Waals surface area contributed by atoms with E-state index in [1.165, 1.54) is 4.68 Å². The van der Waals surface area contributed by atoms with Gasteiger partial charge in [-0.2, -0.15) is 9.78 Å². The molecule has 6 heteroatoms. The van der Waals surface area contributed by atoms with Crippen molar-refractivity contribution in [3.05, 3.63) is 53.6 Å². The number of nitrogens with zero attached hydrogens (tertiary/aromatic N) is 2. The highest BCUT2D eigenvalue weighted by atomic mass is 16.6. The summed E-state index contributed by atoms with van der Waals surface area (Å²) in [4.78, 5) is 23.8. The molecule has 1 aromatic heterocycles. The molecular formula is C20H21N3O3. The van der Waals surface area contributed by atoms with E-state index >= 15 is 0 Å². The average Bonchev–Trinajstić information content (AvgIpc) is 2.92. The van der Waals surface area contributed by atoms with Crippen LogP contribution in [0.3, 0.4) is 0 Å². The van der Waals surface area contributed by atoms with Gasteiger partial charge >= 0.3 is 6.09 Å². The highest BCUT2D eigenvalue weighted by molar-refractivity contribution is 5.99. The lowest BCUT2D eigenvalue weighted by molar-refractivity contribution is 0.0523. The van der Waals surface area contributed by atoms with Gasteiger partial charge < -0.3 is 10.5 Å². The van der Waals surface area contributed by atoms with Crippen molar-refractivity contribution in [2.75, 3.05) is 0 Å². The molecule has 2 aromatic carbocycles. The number of carbonyl (C=O) groups excluding carboxylic acids is 2.